The van der Waals surface area contributed by atoms with Crippen LogP contribution in [0.5, 0.6) is 0 Å². The maximum Gasteiger partial charge on any atom is 0.243 e. The Morgan fingerprint density at radius 3 is 2.70 bits per heavy atom. The summed E-state index contributed by atoms with van der Waals surface area (Å²) in [6.07, 6.45) is 2.09. The number of nitrogens with one attached hydrogen (secondary N) is 1. The summed E-state index contributed by atoms with van der Waals surface area (Å²) in [5.74, 6) is -0.278. The molecular formula is C15H21ClN2O4S. The first-order chi connectivity index (χ1) is 11.0. The highest BCUT2D eigenvalue weighted by atomic mass is 35.5. The third kappa shape index (κ3) is 4.44. The average Bonchev–Trinajstić information content (AvgIpc) is 2.55. The van der Waals surface area contributed by atoms with Gasteiger partial charge < -0.3 is 10.1 Å². The van der Waals surface area contributed by atoms with Crippen LogP contribution in [0.1, 0.15) is 19.3 Å². The highest BCUT2D eigenvalue weighted by molar-refractivity contribution is 7.89. The summed E-state index contributed by atoms with van der Waals surface area (Å²) in [6, 6.07) is 5.32. The molecule has 1 heterocycles. The smallest absolute Gasteiger partial charge is 0.243 e. The van der Waals surface area contributed by atoms with Crippen LogP contribution in [0.3, 0.4) is 0 Å². The molecule has 1 atom stereocenters. The molecule has 128 valence electrons. The predicted octanol–water partition coefficient (Wildman–Crippen LogP) is 1.65. The van der Waals surface area contributed by atoms with E-state index in [2.05, 4.69) is 5.32 Å². The maximum atomic E-state index is 12.8. The molecule has 1 aromatic carbocycles. The van der Waals surface area contributed by atoms with Gasteiger partial charge in [0.2, 0.25) is 15.9 Å². The molecule has 0 saturated carbocycles. The van der Waals surface area contributed by atoms with Gasteiger partial charge in [0.1, 0.15) is 6.04 Å². The van der Waals surface area contributed by atoms with Crippen molar-refractivity contribution < 1.29 is 17.9 Å². The zero-order valence-corrected chi connectivity index (χ0v) is 14.6. The zero-order chi connectivity index (χ0) is 16.9. The number of carbonyl (C=O) groups is 1. The zero-order valence-electron chi connectivity index (χ0n) is 13.0. The molecule has 1 amide bonds. The quantitative estimate of drug-likeness (QED) is 0.782. The molecule has 1 N–H and O–H groups in total. The van der Waals surface area contributed by atoms with E-state index in [0.29, 0.717) is 31.1 Å². The summed E-state index contributed by atoms with van der Waals surface area (Å²) in [6.45, 7) is 1.09. The van der Waals surface area contributed by atoms with E-state index in [0.717, 1.165) is 12.8 Å². The van der Waals surface area contributed by atoms with Crippen molar-refractivity contribution in [2.75, 3.05) is 26.8 Å². The molecule has 0 radical (unpaired) electrons. The Hall–Kier alpha value is -1.15. The minimum atomic E-state index is -3.72. The number of piperidine rings is 1. The molecule has 2 rings (SSSR count). The molecule has 1 unspecified atom stereocenters. The molecule has 0 spiro atoms. The lowest BCUT2D eigenvalue weighted by atomic mass is 10.0. The number of nitrogens with zero attached hydrogens (tertiary/aromatic N) is 1. The van der Waals surface area contributed by atoms with Gasteiger partial charge in [-0.1, -0.05) is 18.0 Å². The van der Waals surface area contributed by atoms with Gasteiger partial charge in [-0.15, -0.1) is 0 Å². The van der Waals surface area contributed by atoms with Gasteiger partial charge in [0.05, 0.1) is 11.5 Å². The molecule has 6 nitrogen and oxygen atoms in total. The maximum absolute atomic E-state index is 12.8. The Kier molecular flexibility index (Phi) is 6.41. The van der Waals surface area contributed by atoms with Crippen molar-refractivity contribution in [2.24, 2.45) is 0 Å². The number of amides is 1. The molecule has 1 aliphatic heterocycles. The molecule has 1 aliphatic rings. The summed E-state index contributed by atoms with van der Waals surface area (Å²) >= 11 is 5.81. The largest absolute Gasteiger partial charge is 0.383 e. The standard InChI is InChI=1S/C15H21ClN2O4S/c1-22-11-9-17-15(19)14-4-2-3-10-18(14)23(20,21)13-7-5-12(16)6-8-13/h5-8,14H,2-4,9-11H2,1H3,(H,17,19). The number of hydrogen-bond acceptors (Lipinski definition) is 4. The first-order valence-corrected chi connectivity index (χ1v) is 9.32. The molecule has 1 saturated heterocycles. The molecule has 1 fully saturated rings. The number of methoxy groups -OCH3 is 1. The first kappa shape index (κ1) is 18.2. The van der Waals surface area contributed by atoms with Crippen LogP contribution in [0.2, 0.25) is 5.02 Å². The second kappa shape index (κ2) is 8.10. The van der Waals surface area contributed by atoms with Crippen molar-refractivity contribution in [3.8, 4) is 0 Å². The normalized spacial score (nSPS) is 19.5. The Bertz CT molecular complexity index is 633. The summed E-state index contributed by atoms with van der Waals surface area (Å²) in [7, 11) is -2.18. The topological polar surface area (TPSA) is 75.7 Å². The molecule has 8 heteroatoms. The van der Waals surface area contributed by atoms with Crippen LogP contribution in [0.25, 0.3) is 0 Å². The van der Waals surface area contributed by atoms with Crippen molar-refractivity contribution >= 4 is 27.5 Å². The van der Waals surface area contributed by atoms with E-state index < -0.39 is 16.1 Å². The number of benzene rings is 1. The fraction of sp³-hybridized carbons (Fsp3) is 0.533. The van der Waals surface area contributed by atoms with Crippen LogP contribution < -0.4 is 5.32 Å². The van der Waals surface area contributed by atoms with Gasteiger partial charge in [-0.3, -0.25) is 4.79 Å². The minimum absolute atomic E-state index is 0.151. The van der Waals surface area contributed by atoms with Crippen molar-refractivity contribution in [1.29, 1.82) is 0 Å². The third-order valence-electron chi connectivity index (χ3n) is 3.78. The Balaban J connectivity index is 2.19. The molecule has 1 aromatic rings. The molecule has 0 aliphatic carbocycles. The van der Waals surface area contributed by atoms with Crippen LogP contribution in [0.15, 0.2) is 29.2 Å². The number of ether oxygens (including phenoxy) is 1. The third-order valence-corrected chi connectivity index (χ3v) is 5.96. The SMILES string of the molecule is COCCNC(=O)C1CCCCN1S(=O)(=O)c1ccc(Cl)cc1. The highest BCUT2D eigenvalue weighted by Gasteiger charge is 2.37. The Morgan fingerprint density at radius 2 is 2.04 bits per heavy atom. The fourth-order valence-electron chi connectivity index (χ4n) is 2.59. The number of sulfonamides is 1. The van der Waals surface area contributed by atoms with Gasteiger partial charge in [-0.2, -0.15) is 4.31 Å². The van der Waals surface area contributed by atoms with Crippen molar-refractivity contribution in [3.05, 3.63) is 29.3 Å². The predicted molar refractivity (Wildman–Crippen MR) is 87.9 cm³/mol. The lowest BCUT2D eigenvalue weighted by molar-refractivity contribution is -0.125. The Morgan fingerprint density at radius 1 is 1.35 bits per heavy atom. The van der Waals surface area contributed by atoms with Gasteiger partial charge in [0, 0.05) is 25.2 Å². The van der Waals surface area contributed by atoms with Crippen LogP contribution >= 0.6 is 11.6 Å². The van der Waals surface area contributed by atoms with E-state index in [1.54, 1.807) is 7.11 Å². The lowest BCUT2D eigenvalue weighted by Gasteiger charge is -2.33. The molecule has 0 bridgehead atoms. The van der Waals surface area contributed by atoms with E-state index in [4.69, 9.17) is 16.3 Å². The molecule has 23 heavy (non-hydrogen) atoms. The molecule has 0 aromatic heterocycles. The second-order valence-corrected chi connectivity index (χ2v) is 7.69. The highest BCUT2D eigenvalue weighted by Crippen LogP contribution is 2.26. The van der Waals surface area contributed by atoms with E-state index in [-0.39, 0.29) is 10.8 Å². The van der Waals surface area contributed by atoms with Crippen LogP contribution in [-0.4, -0.2) is 51.5 Å². The van der Waals surface area contributed by atoms with Crippen molar-refractivity contribution in [3.63, 3.8) is 0 Å². The number of rotatable bonds is 6. The van der Waals surface area contributed by atoms with Gasteiger partial charge in [0.25, 0.3) is 0 Å². The number of halogens is 1. The van der Waals surface area contributed by atoms with Gasteiger partial charge in [0.15, 0.2) is 0 Å². The van der Waals surface area contributed by atoms with Crippen LogP contribution in [0, 0.1) is 0 Å². The minimum Gasteiger partial charge on any atom is -0.383 e. The molecular weight excluding hydrogens is 340 g/mol. The van der Waals surface area contributed by atoms with E-state index >= 15 is 0 Å². The van der Waals surface area contributed by atoms with Gasteiger partial charge in [-0.25, -0.2) is 8.42 Å². The van der Waals surface area contributed by atoms with Crippen molar-refractivity contribution in [2.45, 2.75) is 30.2 Å². The van der Waals surface area contributed by atoms with Gasteiger partial charge >= 0.3 is 0 Å². The number of carbonyl (C=O) groups excluding carboxylic acids is 1. The summed E-state index contributed by atoms with van der Waals surface area (Å²) in [5.41, 5.74) is 0. The van der Waals surface area contributed by atoms with Gasteiger partial charge in [-0.05, 0) is 37.1 Å². The van der Waals surface area contributed by atoms with Crippen LogP contribution in [0.4, 0.5) is 0 Å². The monoisotopic (exact) mass is 360 g/mol. The summed E-state index contributed by atoms with van der Waals surface area (Å²) in [5, 5.41) is 3.19. The summed E-state index contributed by atoms with van der Waals surface area (Å²) in [4.78, 5) is 12.5. The summed E-state index contributed by atoms with van der Waals surface area (Å²) < 4.78 is 31.8. The van der Waals surface area contributed by atoms with E-state index in [9.17, 15) is 13.2 Å². The van der Waals surface area contributed by atoms with E-state index in [1.807, 2.05) is 0 Å². The number of hydrogen-bond donors (Lipinski definition) is 1. The van der Waals surface area contributed by atoms with Crippen LogP contribution in [-0.2, 0) is 19.6 Å². The first-order valence-electron chi connectivity index (χ1n) is 7.51. The lowest BCUT2D eigenvalue weighted by Crippen LogP contribution is -2.52. The second-order valence-electron chi connectivity index (χ2n) is 5.37. The fourth-order valence-corrected chi connectivity index (χ4v) is 4.37. The Labute approximate surface area is 141 Å². The van der Waals surface area contributed by atoms with Crippen molar-refractivity contribution in [1.82, 2.24) is 9.62 Å². The average molecular weight is 361 g/mol. The van der Waals surface area contributed by atoms with E-state index in [1.165, 1.54) is 28.6 Å².